The molecule has 0 aromatic carbocycles. The van der Waals surface area contributed by atoms with Gasteiger partial charge in [0.05, 0.1) is 11.1 Å². The number of hydrogen-bond donors (Lipinski definition) is 1. The second-order valence-electron chi connectivity index (χ2n) is 5.28. The number of aromatic nitrogens is 1. The molecule has 0 radical (unpaired) electrons. The summed E-state index contributed by atoms with van der Waals surface area (Å²) in [5.74, 6) is -0.0507. The van der Waals surface area contributed by atoms with Crippen LogP contribution in [0.3, 0.4) is 0 Å². The minimum atomic E-state index is -0.253. The zero-order valence-electron chi connectivity index (χ0n) is 10.6. The second kappa shape index (κ2) is 4.74. The highest BCUT2D eigenvalue weighted by Crippen LogP contribution is 2.33. The van der Waals surface area contributed by atoms with Crippen molar-refractivity contribution in [1.29, 1.82) is 0 Å². The molecular formula is C14H16N2O3. The van der Waals surface area contributed by atoms with Gasteiger partial charge in [-0.25, -0.2) is 0 Å². The molecule has 1 saturated carbocycles. The molecule has 2 aliphatic rings. The van der Waals surface area contributed by atoms with Crippen LogP contribution in [0.2, 0.25) is 0 Å². The first-order valence-electron chi connectivity index (χ1n) is 6.63. The lowest BCUT2D eigenvalue weighted by Gasteiger charge is -2.22. The molecule has 100 valence electrons. The van der Waals surface area contributed by atoms with Gasteiger partial charge in [0.1, 0.15) is 0 Å². The summed E-state index contributed by atoms with van der Waals surface area (Å²) in [6, 6.07) is 1.59. The molecule has 2 heterocycles. The standard InChI is InChI=1S/C14H16N2O3/c17-8-10-3-1-2-9(10)7-16-13(18)11-4-5-15-6-12(11)14(16)19/h4-6,9-10,17H,1-3,7-8H2. The van der Waals surface area contributed by atoms with Crippen molar-refractivity contribution in [3.8, 4) is 0 Å². The van der Waals surface area contributed by atoms with Crippen molar-refractivity contribution in [2.24, 2.45) is 11.8 Å². The Bertz CT molecular complexity index is 494. The van der Waals surface area contributed by atoms with Crippen LogP contribution in [-0.2, 0) is 0 Å². The highest BCUT2D eigenvalue weighted by atomic mass is 16.3. The van der Waals surface area contributed by atoms with Crippen LogP contribution < -0.4 is 0 Å². The SMILES string of the molecule is O=C1c2ccncc2C(=O)N1CC1CCCC1CO. The van der Waals surface area contributed by atoms with Gasteiger partial charge in [0.25, 0.3) is 11.8 Å². The molecule has 1 aliphatic carbocycles. The quantitative estimate of drug-likeness (QED) is 0.826. The van der Waals surface area contributed by atoms with E-state index in [1.54, 1.807) is 6.07 Å². The van der Waals surface area contributed by atoms with Crippen LogP contribution in [0, 0.1) is 11.8 Å². The molecular weight excluding hydrogens is 244 g/mol. The molecule has 0 spiro atoms. The number of hydrogen-bond acceptors (Lipinski definition) is 4. The van der Waals surface area contributed by atoms with Crippen molar-refractivity contribution in [3.05, 3.63) is 29.6 Å². The Morgan fingerprint density at radius 1 is 1.21 bits per heavy atom. The minimum Gasteiger partial charge on any atom is -0.396 e. The molecule has 1 aliphatic heterocycles. The summed E-state index contributed by atoms with van der Waals surface area (Å²) in [5.41, 5.74) is 0.838. The normalized spacial score (nSPS) is 26.1. The predicted molar refractivity (Wildman–Crippen MR) is 67.5 cm³/mol. The van der Waals surface area contributed by atoms with Crippen molar-refractivity contribution in [2.75, 3.05) is 13.2 Å². The lowest BCUT2D eigenvalue weighted by atomic mass is 9.96. The van der Waals surface area contributed by atoms with Crippen LogP contribution in [-0.4, -0.2) is 40.0 Å². The van der Waals surface area contributed by atoms with Crippen molar-refractivity contribution < 1.29 is 14.7 Å². The van der Waals surface area contributed by atoms with E-state index < -0.39 is 0 Å². The number of imide groups is 1. The topological polar surface area (TPSA) is 70.5 Å². The fourth-order valence-corrected chi connectivity index (χ4v) is 3.13. The van der Waals surface area contributed by atoms with E-state index in [9.17, 15) is 14.7 Å². The molecule has 5 nitrogen and oxygen atoms in total. The molecule has 0 saturated heterocycles. The number of fused-ring (bicyclic) bond motifs is 1. The molecule has 1 fully saturated rings. The van der Waals surface area contributed by atoms with Crippen LogP contribution in [0.4, 0.5) is 0 Å². The fourth-order valence-electron chi connectivity index (χ4n) is 3.13. The molecule has 1 aromatic heterocycles. The van der Waals surface area contributed by atoms with Gasteiger partial charge in [-0.05, 0) is 30.7 Å². The monoisotopic (exact) mass is 260 g/mol. The number of aliphatic hydroxyl groups is 1. The van der Waals surface area contributed by atoms with E-state index in [-0.39, 0.29) is 30.3 Å². The number of carbonyl (C=O) groups excluding carboxylic acids is 2. The Morgan fingerprint density at radius 3 is 2.68 bits per heavy atom. The summed E-state index contributed by atoms with van der Waals surface area (Å²) in [4.78, 5) is 29.6. The predicted octanol–water partition coefficient (Wildman–Crippen LogP) is 1.09. The Morgan fingerprint density at radius 2 is 1.95 bits per heavy atom. The van der Waals surface area contributed by atoms with E-state index in [2.05, 4.69) is 4.98 Å². The summed E-state index contributed by atoms with van der Waals surface area (Å²) in [6.45, 7) is 0.549. The Hall–Kier alpha value is -1.75. The summed E-state index contributed by atoms with van der Waals surface area (Å²) >= 11 is 0. The maximum absolute atomic E-state index is 12.2. The molecule has 1 aromatic rings. The molecule has 19 heavy (non-hydrogen) atoms. The number of pyridine rings is 1. The summed E-state index contributed by atoms with van der Waals surface area (Å²) < 4.78 is 0. The van der Waals surface area contributed by atoms with E-state index in [1.165, 1.54) is 17.3 Å². The number of nitrogens with zero attached hydrogens (tertiary/aromatic N) is 2. The highest BCUT2D eigenvalue weighted by Gasteiger charge is 2.39. The van der Waals surface area contributed by atoms with Gasteiger partial charge >= 0.3 is 0 Å². The Kier molecular flexibility index (Phi) is 3.06. The number of amides is 2. The third kappa shape index (κ3) is 1.94. The van der Waals surface area contributed by atoms with Gasteiger partial charge in [0.2, 0.25) is 0 Å². The van der Waals surface area contributed by atoms with Gasteiger partial charge in [-0.15, -0.1) is 0 Å². The highest BCUT2D eigenvalue weighted by molar-refractivity contribution is 6.21. The van der Waals surface area contributed by atoms with Crippen molar-refractivity contribution in [1.82, 2.24) is 9.88 Å². The number of rotatable bonds is 3. The van der Waals surface area contributed by atoms with E-state index >= 15 is 0 Å². The van der Waals surface area contributed by atoms with Crippen molar-refractivity contribution in [3.63, 3.8) is 0 Å². The van der Waals surface area contributed by atoms with Gasteiger partial charge in [-0.3, -0.25) is 19.5 Å². The summed E-state index contributed by atoms with van der Waals surface area (Å²) in [7, 11) is 0. The first-order valence-corrected chi connectivity index (χ1v) is 6.63. The number of carbonyl (C=O) groups is 2. The number of aliphatic hydroxyl groups excluding tert-OH is 1. The fraction of sp³-hybridized carbons (Fsp3) is 0.500. The molecule has 2 atom stereocenters. The van der Waals surface area contributed by atoms with Crippen LogP contribution in [0.25, 0.3) is 0 Å². The second-order valence-corrected chi connectivity index (χ2v) is 5.28. The zero-order valence-corrected chi connectivity index (χ0v) is 10.6. The van der Waals surface area contributed by atoms with Crippen LogP contribution in [0.5, 0.6) is 0 Å². The molecule has 2 amide bonds. The van der Waals surface area contributed by atoms with Gasteiger partial charge in [-0.2, -0.15) is 0 Å². The molecule has 3 rings (SSSR count). The van der Waals surface area contributed by atoms with E-state index in [4.69, 9.17) is 0 Å². The van der Waals surface area contributed by atoms with Crippen LogP contribution in [0.15, 0.2) is 18.5 Å². The van der Waals surface area contributed by atoms with Gasteiger partial charge in [-0.1, -0.05) is 6.42 Å². The van der Waals surface area contributed by atoms with Crippen molar-refractivity contribution in [2.45, 2.75) is 19.3 Å². The smallest absolute Gasteiger partial charge is 0.263 e. The van der Waals surface area contributed by atoms with Gasteiger partial charge in [0.15, 0.2) is 0 Å². The third-order valence-corrected chi connectivity index (χ3v) is 4.24. The molecule has 2 unspecified atom stereocenters. The van der Waals surface area contributed by atoms with E-state index in [1.807, 2.05) is 0 Å². The largest absolute Gasteiger partial charge is 0.396 e. The first-order chi connectivity index (χ1) is 9.22. The molecule has 0 bridgehead atoms. The average molecular weight is 260 g/mol. The maximum atomic E-state index is 12.2. The molecule has 1 N–H and O–H groups in total. The lowest BCUT2D eigenvalue weighted by Crippen LogP contribution is -2.36. The van der Waals surface area contributed by atoms with Gasteiger partial charge < -0.3 is 5.11 Å². The van der Waals surface area contributed by atoms with E-state index in [0.29, 0.717) is 17.7 Å². The van der Waals surface area contributed by atoms with Gasteiger partial charge in [0, 0.05) is 25.5 Å². The minimum absolute atomic E-state index is 0.134. The first kappa shape index (κ1) is 12.3. The average Bonchev–Trinajstić information content (AvgIpc) is 2.98. The van der Waals surface area contributed by atoms with Crippen LogP contribution >= 0.6 is 0 Å². The van der Waals surface area contributed by atoms with Crippen molar-refractivity contribution >= 4 is 11.8 Å². The van der Waals surface area contributed by atoms with Crippen LogP contribution in [0.1, 0.15) is 40.0 Å². The maximum Gasteiger partial charge on any atom is 0.263 e. The Labute approximate surface area is 111 Å². The molecule has 5 heteroatoms. The lowest BCUT2D eigenvalue weighted by molar-refractivity contribution is 0.0602. The Balaban J connectivity index is 1.81. The zero-order chi connectivity index (χ0) is 13.4. The third-order valence-electron chi connectivity index (χ3n) is 4.24. The van der Waals surface area contributed by atoms with E-state index in [0.717, 1.165) is 19.3 Å². The summed E-state index contributed by atoms with van der Waals surface area (Å²) in [5, 5.41) is 9.32. The summed E-state index contributed by atoms with van der Waals surface area (Å²) in [6.07, 6.45) is 5.98.